The molecular weight excluding hydrogens is 390 g/mol. The standard InChI is InChI=1S/C24H29N5O2/c1-27-16-13-25-23(27)22(20-11-6-7-12-21(20)31-2)26-24(30)29-15-8-14-28(17-18-29)19-9-4-3-5-10-19/h3-7,9-13,16,22H,8,14-15,17-18H2,1-2H3,(H,26,30). The van der Waals surface area contributed by atoms with Crippen LogP contribution in [-0.4, -0.2) is 53.8 Å². The van der Waals surface area contributed by atoms with Gasteiger partial charge in [0.2, 0.25) is 0 Å². The minimum atomic E-state index is -0.405. The number of amides is 2. The van der Waals surface area contributed by atoms with Crippen LogP contribution in [0.5, 0.6) is 5.75 Å². The number of benzene rings is 2. The highest BCUT2D eigenvalue weighted by atomic mass is 16.5. The summed E-state index contributed by atoms with van der Waals surface area (Å²) in [5.41, 5.74) is 2.08. The summed E-state index contributed by atoms with van der Waals surface area (Å²) >= 11 is 0. The van der Waals surface area contributed by atoms with Gasteiger partial charge in [-0.15, -0.1) is 0 Å². The number of imidazole rings is 1. The van der Waals surface area contributed by atoms with E-state index in [-0.39, 0.29) is 6.03 Å². The Morgan fingerprint density at radius 3 is 2.55 bits per heavy atom. The van der Waals surface area contributed by atoms with E-state index in [9.17, 15) is 4.79 Å². The summed E-state index contributed by atoms with van der Waals surface area (Å²) in [6.07, 6.45) is 4.55. The fourth-order valence-electron chi connectivity index (χ4n) is 4.07. The molecule has 1 N–H and O–H groups in total. The SMILES string of the molecule is COc1ccccc1C(NC(=O)N1CCCN(c2ccccc2)CC1)c1nccn1C. The van der Waals surface area contributed by atoms with Gasteiger partial charge in [-0.25, -0.2) is 9.78 Å². The van der Waals surface area contributed by atoms with E-state index >= 15 is 0 Å². The molecule has 2 amide bonds. The van der Waals surface area contributed by atoms with E-state index in [1.807, 2.05) is 53.0 Å². The molecular formula is C24H29N5O2. The van der Waals surface area contributed by atoms with Crippen LogP contribution in [0.3, 0.4) is 0 Å². The number of hydrogen-bond donors (Lipinski definition) is 1. The lowest BCUT2D eigenvalue weighted by Crippen LogP contribution is -2.44. The summed E-state index contributed by atoms with van der Waals surface area (Å²) < 4.78 is 7.49. The molecule has 1 saturated heterocycles. The Balaban J connectivity index is 1.52. The zero-order valence-corrected chi connectivity index (χ0v) is 18.1. The quantitative estimate of drug-likeness (QED) is 0.688. The van der Waals surface area contributed by atoms with Gasteiger partial charge >= 0.3 is 6.03 Å². The van der Waals surface area contributed by atoms with Gasteiger partial charge in [0.05, 0.1) is 7.11 Å². The van der Waals surface area contributed by atoms with Crippen LogP contribution in [0.4, 0.5) is 10.5 Å². The van der Waals surface area contributed by atoms with Crippen molar-refractivity contribution in [3.8, 4) is 5.75 Å². The van der Waals surface area contributed by atoms with Crippen LogP contribution in [0.25, 0.3) is 0 Å². The average molecular weight is 420 g/mol. The second-order valence-corrected chi connectivity index (χ2v) is 7.68. The minimum Gasteiger partial charge on any atom is -0.496 e. The van der Waals surface area contributed by atoms with Crippen molar-refractivity contribution in [2.75, 3.05) is 38.2 Å². The highest BCUT2D eigenvalue weighted by Crippen LogP contribution is 2.29. The number of rotatable bonds is 5. The van der Waals surface area contributed by atoms with Crippen LogP contribution < -0.4 is 15.0 Å². The van der Waals surface area contributed by atoms with Crippen LogP contribution >= 0.6 is 0 Å². The first kappa shape index (κ1) is 20.8. The molecule has 1 fully saturated rings. The lowest BCUT2D eigenvalue weighted by atomic mass is 10.0. The van der Waals surface area contributed by atoms with Gasteiger partial charge in [-0.05, 0) is 24.6 Å². The smallest absolute Gasteiger partial charge is 0.318 e. The maximum absolute atomic E-state index is 13.3. The number of aryl methyl sites for hydroxylation is 1. The zero-order chi connectivity index (χ0) is 21.6. The molecule has 2 aromatic carbocycles. The zero-order valence-electron chi connectivity index (χ0n) is 18.1. The van der Waals surface area contributed by atoms with E-state index in [0.717, 1.165) is 36.6 Å². The van der Waals surface area contributed by atoms with E-state index in [0.29, 0.717) is 13.1 Å². The van der Waals surface area contributed by atoms with E-state index in [2.05, 4.69) is 39.5 Å². The molecule has 0 saturated carbocycles. The van der Waals surface area contributed by atoms with Crippen molar-refractivity contribution >= 4 is 11.7 Å². The van der Waals surface area contributed by atoms with Crippen LogP contribution in [-0.2, 0) is 7.05 Å². The number of carbonyl (C=O) groups is 1. The first-order valence-electron chi connectivity index (χ1n) is 10.6. The number of carbonyl (C=O) groups excluding carboxylic acids is 1. The number of anilines is 1. The molecule has 1 aromatic heterocycles. The number of nitrogens with one attached hydrogen (secondary N) is 1. The highest BCUT2D eigenvalue weighted by molar-refractivity contribution is 5.75. The van der Waals surface area contributed by atoms with Crippen molar-refractivity contribution in [3.05, 3.63) is 78.4 Å². The van der Waals surface area contributed by atoms with Crippen molar-refractivity contribution in [2.45, 2.75) is 12.5 Å². The number of aromatic nitrogens is 2. The summed E-state index contributed by atoms with van der Waals surface area (Å²) in [6, 6.07) is 17.6. The van der Waals surface area contributed by atoms with Gasteiger partial charge in [0.25, 0.3) is 0 Å². The molecule has 4 rings (SSSR count). The largest absolute Gasteiger partial charge is 0.496 e. The average Bonchev–Trinajstić information content (AvgIpc) is 3.08. The minimum absolute atomic E-state index is 0.0891. The monoisotopic (exact) mass is 419 g/mol. The molecule has 0 bridgehead atoms. The highest BCUT2D eigenvalue weighted by Gasteiger charge is 2.27. The van der Waals surface area contributed by atoms with Gasteiger partial charge in [0.15, 0.2) is 0 Å². The molecule has 1 aliphatic rings. The molecule has 0 radical (unpaired) electrons. The van der Waals surface area contributed by atoms with Crippen molar-refractivity contribution in [1.82, 2.24) is 19.8 Å². The Labute approximate surface area is 183 Å². The maximum atomic E-state index is 13.3. The normalized spacial score (nSPS) is 15.3. The lowest BCUT2D eigenvalue weighted by molar-refractivity contribution is 0.198. The maximum Gasteiger partial charge on any atom is 0.318 e. The van der Waals surface area contributed by atoms with Crippen LogP contribution in [0.15, 0.2) is 67.0 Å². The molecule has 162 valence electrons. The first-order chi connectivity index (χ1) is 15.2. The Hall–Kier alpha value is -3.48. The number of hydrogen-bond acceptors (Lipinski definition) is 4. The molecule has 3 aromatic rings. The van der Waals surface area contributed by atoms with Crippen molar-refractivity contribution < 1.29 is 9.53 Å². The van der Waals surface area contributed by atoms with Gasteiger partial charge in [-0.2, -0.15) is 0 Å². The van der Waals surface area contributed by atoms with Crippen LogP contribution in [0.2, 0.25) is 0 Å². The molecule has 1 unspecified atom stereocenters. The molecule has 1 aliphatic heterocycles. The Morgan fingerprint density at radius 1 is 1.03 bits per heavy atom. The molecule has 2 heterocycles. The van der Waals surface area contributed by atoms with Crippen molar-refractivity contribution in [3.63, 3.8) is 0 Å². The topological polar surface area (TPSA) is 62.6 Å². The van der Waals surface area contributed by atoms with Crippen LogP contribution in [0, 0.1) is 0 Å². The van der Waals surface area contributed by atoms with Gasteiger partial charge in [-0.3, -0.25) is 0 Å². The van der Waals surface area contributed by atoms with E-state index in [4.69, 9.17) is 4.74 Å². The Kier molecular flexibility index (Phi) is 6.40. The summed E-state index contributed by atoms with van der Waals surface area (Å²) in [5.74, 6) is 1.49. The van der Waals surface area contributed by atoms with Crippen LogP contribution in [0.1, 0.15) is 23.9 Å². The number of urea groups is 1. The van der Waals surface area contributed by atoms with Gasteiger partial charge in [0, 0.05) is 56.9 Å². The third-order valence-electron chi connectivity index (χ3n) is 5.74. The van der Waals surface area contributed by atoms with Gasteiger partial charge in [0.1, 0.15) is 17.6 Å². The summed E-state index contributed by atoms with van der Waals surface area (Å²) in [5, 5.41) is 3.21. The number of nitrogens with zero attached hydrogens (tertiary/aromatic N) is 4. The second kappa shape index (κ2) is 9.55. The molecule has 7 nitrogen and oxygen atoms in total. The van der Waals surface area contributed by atoms with E-state index in [1.165, 1.54) is 5.69 Å². The van der Waals surface area contributed by atoms with E-state index < -0.39 is 6.04 Å². The molecule has 1 atom stereocenters. The summed E-state index contributed by atoms with van der Waals surface area (Å²) in [6.45, 7) is 3.12. The number of ether oxygens (including phenoxy) is 1. The number of methoxy groups -OCH3 is 1. The third kappa shape index (κ3) is 4.66. The van der Waals surface area contributed by atoms with Gasteiger partial charge in [-0.1, -0.05) is 36.4 Å². The van der Waals surface area contributed by atoms with Gasteiger partial charge < -0.3 is 24.4 Å². The predicted octanol–water partition coefficient (Wildman–Crippen LogP) is 3.44. The van der Waals surface area contributed by atoms with E-state index in [1.54, 1.807) is 13.3 Å². The molecule has 31 heavy (non-hydrogen) atoms. The molecule has 7 heteroatoms. The lowest BCUT2D eigenvalue weighted by Gasteiger charge is -2.27. The first-order valence-corrected chi connectivity index (χ1v) is 10.6. The summed E-state index contributed by atoms with van der Waals surface area (Å²) in [7, 11) is 3.57. The van der Waals surface area contributed by atoms with Crippen molar-refractivity contribution in [2.24, 2.45) is 7.05 Å². The number of para-hydroxylation sites is 2. The molecule has 0 aliphatic carbocycles. The van der Waals surface area contributed by atoms with Crippen molar-refractivity contribution in [1.29, 1.82) is 0 Å². The summed E-state index contributed by atoms with van der Waals surface area (Å²) in [4.78, 5) is 22.0. The fourth-order valence-corrected chi connectivity index (χ4v) is 4.07. The predicted molar refractivity (Wildman–Crippen MR) is 121 cm³/mol. The fraction of sp³-hybridized carbons (Fsp3) is 0.333. The third-order valence-corrected chi connectivity index (χ3v) is 5.74. The Bertz CT molecular complexity index is 1000. The second-order valence-electron chi connectivity index (χ2n) is 7.68. The molecule has 0 spiro atoms. The Morgan fingerprint density at radius 2 is 1.81 bits per heavy atom.